The quantitative estimate of drug-likeness (QED) is 0.566. The van der Waals surface area contributed by atoms with Gasteiger partial charge in [0.05, 0.1) is 6.61 Å². The molecule has 5 nitrogen and oxygen atoms in total. The Morgan fingerprint density at radius 1 is 1.15 bits per heavy atom. The van der Waals surface area contributed by atoms with E-state index in [0.717, 1.165) is 35.4 Å². The van der Waals surface area contributed by atoms with E-state index in [4.69, 9.17) is 9.47 Å². The van der Waals surface area contributed by atoms with Gasteiger partial charge in [0, 0.05) is 35.9 Å². The predicted molar refractivity (Wildman–Crippen MR) is 104 cm³/mol. The Bertz CT molecular complexity index is 776. The summed E-state index contributed by atoms with van der Waals surface area (Å²) in [6.07, 6.45) is 2.12. The zero-order valence-electron chi connectivity index (χ0n) is 16.3. The molecule has 1 aromatic carbocycles. The van der Waals surface area contributed by atoms with Crippen LogP contribution in [-0.2, 0) is 19.1 Å². The van der Waals surface area contributed by atoms with E-state index in [-0.39, 0.29) is 24.3 Å². The molecule has 3 rings (SSSR count). The number of Topliss-reactive ketones (excluding diaryl/α,β-unsaturated/α-hetero) is 1. The molecule has 0 fully saturated rings. The first-order valence-electron chi connectivity index (χ1n) is 9.65. The lowest BCUT2D eigenvalue weighted by Gasteiger charge is -2.34. The molecular weight excluding hydrogens is 342 g/mol. The van der Waals surface area contributed by atoms with Crippen LogP contribution < -0.4 is 0 Å². The molecule has 1 unspecified atom stereocenters. The van der Waals surface area contributed by atoms with Gasteiger partial charge in [-0.05, 0) is 39.2 Å². The van der Waals surface area contributed by atoms with Crippen LogP contribution in [0.1, 0.15) is 50.2 Å². The number of esters is 1. The van der Waals surface area contributed by atoms with Gasteiger partial charge in [0.2, 0.25) is 0 Å². The molecule has 1 aromatic rings. The molecule has 0 N–H and O–H groups in total. The van der Waals surface area contributed by atoms with Gasteiger partial charge in [0.15, 0.2) is 5.78 Å². The van der Waals surface area contributed by atoms with Crippen LogP contribution in [0.2, 0.25) is 0 Å². The highest BCUT2D eigenvalue weighted by Gasteiger charge is 2.43. The lowest BCUT2D eigenvalue weighted by Crippen LogP contribution is -2.37. The predicted octanol–water partition coefficient (Wildman–Crippen LogP) is 3.76. The minimum atomic E-state index is -0.574. The van der Waals surface area contributed by atoms with E-state index in [9.17, 15) is 9.59 Å². The van der Waals surface area contributed by atoms with E-state index in [1.807, 2.05) is 45.0 Å². The van der Waals surface area contributed by atoms with Crippen molar-refractivity contribution < 1.29 is 19.1 Å². The van der Waals surface area contributed by atoms with Gasteiger partial charge in [-0.2, -0.15) is 0 Å². The third-order valence-electron chi connectivity index (χ3n) is 5.20. The summed E-state index contributed by atoms with van der Waals surface area (Å²) in [6, 6.07) is 8.04. The first-order chi connectivity index (χ1) is 13.0. The zero-order valence-corrected chi connectivity index (χ0v) is 16.3. The van der Waals surface area contributed by atoms with Crippen molar-refractivity contribution in [3.63, 3.8) is 0 Å². The van der Waals surface area contributed by atoms with Crippen LogP contribution in [0.3, 0.4) is 0 Å². The third-order valence-corrected chi connectivity index (χ3v) is 5.20. The van der Waals surface area contributed by atoms with E-state index in [0.29, 0.717) is 25.2 Å². The van der Waals surface area contributed by atoms with Gasteiger partial charge in [0.1, 0.15) is 12.5 Å². The van der Waals surface area contributed by atoms with Crippen molar-refractivity contribution in [2.75, 3.05) is 19.8 Å². The molecule has 144 valence electrons. The van der Waals surface area contributed by atoms with Gasteiger partial charge in [-0.25, -0.2) is 0 Å². The lowest BCUT2D eigenvalue weighted by molar-refractivity contribution is -0.148. The normalized spacial score (nSPS) is 22.3. The van der Waals surface area contributed by atoms with Crippen LogP contribution in [0.25, 0.3) is 0 Å². The molecule has 0 radical (unpaired) electrons. The van der Waals surface area contributed by atoms with Crippen molar-refractivity contribution in [2.24, 2.45) is 10.9 Å². The number of allylic oxidation sites excluding steroid dienone is 2. The van der Waals surface area contributed by atoms with Crippen LogP contribution in [0, 0.1) is 12.8 Å². The molecule has 0 aromatic heterocycles. The second-order valence-electron chi connectivity index (χ2n) is 7.12. The maximum absolute atomic E-state index is 12.9. The first kappa shape index (κ1) is 19.5. The molecule has 1 heterocycles. The molecule has 0 saturated carbocycles. The summed E-state index contributed by atoms with van der Waals surface area (Å²) in [5.41, 5.74) is 4.36. The SMILES string of the molecule is CCOCCOC(=O)C1C(C)=NC2=C(C(=O)CCC2)[C@H]1c1ccc(C)cc1. The number of benzene rings is 1. The van der Waals surface area contributed by atoms with Crippen molar-refractivity contribution in [1.82, 2.24) is 0 Å². The van der Waals surface area contributed by atoms with Crippen LogP contribution in [0.5, 0.6) is 0 Å². The second-order valence-corrected chi connectivity index (χ2v) is 7.12. The Balaban J connectivity index is 1.96. The van der Waals surface area contributed by atoms with Gasteiger partial charge < -0.3 is 9.47 Å². The third kappa shape index (κ3) is 4.19. The summed E-state index contributed by atoms with van der Waals surface area (Å²) in [5.74, 6) is -1.14. The van der Waals surface area contributed by atoms with Crippen molar-refractivity contribution in [1.29, 1.82) is 0 Å². The number of rotatable bonds is 6. The Morgan fingerprint density at radius 3 is 2.59 bits per heavy atom. The van der Waals surface area contributed by atoms with Crippen LogP contribution in [0.15, 0.2) is 40.5 Å². The number of hydrogen-bond donors (Lipinski definition) is 0. The molecule has 0 saturated heterocycles. The fourth-order valence-electron chi connectivity index (χ4n) is 3.88. The highest BCUT2D eigenvalue weighted by Crippen LogP contribution is 2.43. The Kier molecular flexibility index (Phi) is 6.22. The summed E-state index contributed by atoms with van der Waals surface area (Å²) >= 11 is 0. The number of hydrogen-bond acceptors (Lipinski definition) is 5. The van der Waals surface area contributed by atoms with Crippen molar-refractivity contribution in [2.45, 2.75) is 46.0 Å². The molecule has 0 amide bonds. The monoisotopic (exact) mass is 369 g/mol. The number of carbonyl (C=O) groups excluding carboxylic acids is 2. The Morgan fingerprint density at radius 2 is 1.89 bits per heavy atom. The van der Waals surface area contributed by atoms with E-state index >= 15 is 0 Å². The molecule has 27 heavy (non-hydrogen) atoms. The molecule has 2 atom stereocenters. The zero-order chi connectivity index (χ0) is 19.4. The summed E-state index contributed by atoms with van der Waals surface area (Å²) in [7, 11) is 0. The summed E-state index contributed by atoms with van der Waals surface area (Å²) in [4.78, 5) is 30.3. The topological polar surface area (TPSA) is 65.0 Å². The first-order valence-corrected chi connectivity index (χ1v) is 9.65. The van der Waals surface area contributed by atoms with Gasteiger partial charge in [-0.1, -0.05) is 29.8 Å². The number of aliphatic imine (C=N–C) groups is 1. The maximum Gasteiger partial charge on any atom is 0.315 e. The summed E-state index contributed by atoms with van der Waals surface area (Å²) in [5, 5.41) is 0. The Labute approximate surface area is 160 Å². The molecule has 0 bridgehead atoms. The number of ether oxygens (including phenoxy) is 2. The maximum atomic E-state index is 12.9. The average molecular weight is 369 g/mol. The van der Waals surface area contributed by atoms with Crippen LogP contribution in [0.4, 0.5) is 0 Å². The fourth-order valence-corrected chi connectivity index (χ4v) is 3.88. The number of aryl methyl sites for hydroxylation is 1. The molecule has 2 aliphatic rings. The van der Waals surface area contributed by atoms with Gasteiger partial charge in [-0.3, -0.25) is 14.6 Å². The molecular formula is C22H27NO4. The Hall–Kier alpha value is -2.27. The highest BCUT2D eigenvalue weighted by molar-refractivity contribution is 6.08. The fraction of sp³-hybridized carbons (Fsp3) is 0.500. The number of ketones is 1. The number of nitrogens with zero attached hydrogens (tertiary/aromatic N) is 1. The van der Waals surface area contributed by atoms with Gasteiger partial charge in [-0.15, -0.1) is 0 Å². The number of carbonyl (C=O) groups is 2. The van der Waals surface area contributed by atoms with Crippen molar-refractivity contribution in [3.05, 3.63) is 46.7 Å². The minimum Gasteiger partial charge on any atom is -0.463 e. The van der Waals surface area contributed by atoms with E-state index in [1.165, 1.54) is 0 Å². The highest BCUT2D eigenvalue weighted by atomic mass is 16.6. The molecule has 1 aliphatic carbocycles. The second kappa shape index (κ2) is 8.61. The molecule has 1 aliphatic heterocycles. The van der Waals surface area contributed by atoms with Crippen molar-refractivity contribution >= 4 is 17.5 Å². The van der Waals surface area contributed by atoms with Gasteiger partial charge >= 0.3 is 5.97 Å². The lowest BCUT2D eigenvalue weighted by atomic mass is 9.71. The van der Waals surface area contributed by atoms with Crippen LogP contribution >= 0.6 is 0 Å². The van der Waals surface area contributed by atoms with Gasteiger partial charge in [0.25, 0.3) is 0 Å². The van der Waals surface area contributed by atoms with E-state index in [1.54, 1.807) is 0 Å². The van der Waals surface area contributed by atoms with E-state index < -0.39 is 5.92 Å². The summed E-state index contributed by atoms with van der Waals surface area (Å²) in [6.45, 7) is 6.93. The van der Waals surface area contributed by atoms with Crippen molar-refractivity contribution in [3.8, 4) is 0 Å². The standard InChI is InChI=1S/C22H27NO4/c1-4-26-12-13-27-22(25)19-15(3)23-17-6-5-7-18(24)21(17)20(19)16-10-8-14(2)9-11-16/h8-11,19-20H,4-7,12-13H2,1-3H3/t19?,20-/m0/s1. The smallest absolute Gasteiger partial charge is 0.315 e. The molecule has 0 spiro atoms. The summed E-state index contributed by atoms with van der Waals surface area (Å²) < 4.78 is 10.7. The minimum absolute atomic E-state index is 0.102. The molecule has 5 heteroatoms. The van der Waals surface area contributed by atoms with Crippen LogP contribution in [-0.4, -0.2) is 37.3 Å². The van der Waals surface area contributed by atoms with E-state index in [2.05, 4.69) is 4.99 Å². The average Bonchev–Trinajstić information content (AvgIpc) is 2.65. The largest absolute Gasteiger partial charge is 0.463 e.